The summed E-state index contributed by atoms with van der Waals surface area (Å²) in [4.78, 5) is 0.0653. The highest BCUT2D eigenvalue weighted by Crippen LogP contribution is 2.28. The number of sulfonamides is 1. The Morgan fingerprint density at radius 2 is 2.11 bits per heavy atom. The molecule has 19 heavy (non-hydrogen) atoms. The molecule has 0 aliphatic rings. The molecule has 1 atom stereocenters. The standard InChI is InChI=1S/C12H13BrN2O3S/c1-8(12-3-2-6-18-12)15-11-5-4-9(7-10(11)13)19(14,16)17/h2-8,15H,1H3,(H2,14,16,17). The van der Waals surface area contributed by atoms with E-state index >= 15 is 0 Å². The first-order chi connectivity index (χ1) is 8.88. The summed E-state index contributed by atoms with van der Waals surface area (Å²) in [6.45, 7) is 1.94. The van der Waals surface area contributed by atoms with Gasteiger partial charge >= 0.3 is 0 Å². The molecular weight excluding hydrogens is 332 g/mol. The van der Waals surface area contributed by atoms with Crippen LogP contribution in [0.25, 0.3) is 0 Å². The zero-order valence-electron chi connectivity index (χ0n) is 10.1. The fraction of sp³-hybridized carbons (Fsp3) is 0.167. The number of benzene rings is 1. The predicted octanol–water partition coefficient (Wildman–Crippen LogP) is 2.86. The maximum atomic E-state index is 11.2. The summed E-state index contributed by atoms with van der Waals surface area (Å²) in [5.74, 6) is 0.794. The third-order valence-electron chi connectivity index (χ3n) is 2.61. The van der Waals surface area contributed by atoms with Gasteiger partial charge in [-0.05, 0) is 53.2 Å². The van der Waals surface area contributed by atoms with Gasteiger partial charge in [-0.1, -0.05) is 0 Å². The van der Waals surface area contributed by atoms with Crippen LogP contribution >= 0.6 is 15.9 Å². The van der Waals surface area contributed by atoms with Gasteiger partial charge < -0.3 is 9.73 Å². The van der Waals surface area contributed by atoms with E-state index in [9.17, 15) is 8.42 Å². The molecule has 102 valence electrons. The molecule has 0 radical (unpaired) electrons. The predicted molar refractivity (Wildman–Crippen MR) is 76.3 cm³/mol. The Bertz CT molecular complexity index is 668. The number of furan rings is 1. The van der Waals surface area contributed by atoms with Gasteiger partial charge in [0.25, 0.3) is 0 Å². The van der Waals surface area contributed by atoms with Crippen molar-refractivity contribution in [2.24, 2.45) is 5.14 Å². The number of halogens is 1. The quantitative estimate of drug-likeness (QED) is 0.892. The lowest BCUT2D eigenvalue weighted by Crippen LogP contribution is -2.12. The molecule has 0 aliphatic carbocycles. The van der Waals surface area contributed by atoms with Gasteiger partial charge in [0.05, 0.1) is 17.2 Å². The Labute approximate surface area is 120 Å². The van der Waals surface area contributed by atoms with Crippen LogP contribution in [-0.2, 0) is 10.0 Å². The lowest BCUT2D eigenvalue weighted by Gasteiger charge is -2.14. The summed E-state index contributed by atoms with van der Waals surface area (Å²) in [6, 6.07) is 8.22. The number of anilines is 1. The first kappa shape index (κ1) is 14.1. The Kier molecular flexibility index (Phi) is 3.98. The number of rotatable bonds is 4. The molecule has 0 spiro atoms. The second-order valence-electron chi connectivity index (χ2n) is 4.07. The van der Waals surface area contributed by atoms with Crippen LogP contribution in [0.15, 0.2) is 50.4 Å². The van der Waals surface area contributed by atoms with Crippen molar-refractivity contribution in [2.45, 2.75) is 17.9 Å². The van der Waals surface area contributed by atoms with E-state index in [4.69, 9.17) is 9.56 Å². The van der Waals surface area contributed by atoms with Crippen molar-refractivity contribution in [3.05, 3.63) is 46.8 Å². The molecule has 0 fully saturated rings. The van der Waals surface area contributed by atoms with Gasteiger partial charge in [0.2, 0.25) is 10.0 Å². The smallest absolute Gasteiger partial charge is 0.238 e. The van der Waals surface area contributed by atoms with Crippen molar-refractivity contribution >= 4 is 31.6 Å². The van der Waals surface area contributed by atoms with Gasteiger partial charge in [0.1, 0.15) is 5.76 Å². The Morgan fingerprint density at radius 1 is 1.37 bits per heavy atom. The average Bonchev–Trinajstić information content (AvgIpc) is 2.84. The third-order valence-corrected chi connectivity index (χ3v) is 4.18. The number of primary sulfonamides is 1. The Balaban J connectivity index is 2.23. The first-order valence-corrected chi connectivity index (χ1v) is 7.84. The van der Waals surface area contributed by atoms with E-state index in [1.54, 1.807) is 12.3 Å². The van der Waals surface area contributed by atoms with Gasteiger partial charge in [-0.15, -0.1) is 0 Å². The summed E-state index contributed by atoms with van der Waals surface area (Å²) in [5.41, 5.74) is 0.760. The van der Waals surface area contributed by atoms with Crippen LogP contribution in [0.4, 0.5) is 5.69 Å². The molecule has 2 aromatic rings. The topological polar surface area (TPSA) is 85.3 Å². The normalized spacial score (nSPS) is 13.2. The van der Waals surface area contributed by atoms with E-state index in [2.05, 4.69) is 21.2 Å². The molecule has 5 nitrogen and oxygen atoms in total. The summed E-state index contributed by atoms with van der Waals surface area (Å²) < 4.78 is 28.4. The minimum absolute atomic E-state index is 0.0355. The molecule has 0 amide bonds. The van der Waals surface area contributed by atoms with E-state index in [0.717, 1.165) is 11.4 Å². The Morgan fingerprint density at radius 3 is 2.63 bits per heavy atom. The van der Waals surface area contributed by atoms with Gasteiger partial charge in [-0.3, -0.25) is 0 Å². The van der Waals surface area contributed by atoms with E-state index < -0.39 is 10.0 Å². The Hall–Kier alpha value is -1.31. The van der Waals surface area contributed by atoms with Gasteiger partial charge in [-0.25, -0.2) is 13.6 Å². The monoisotopic (exact) mass is 344 g/mol. The van der Waals surface area contributed by atoms with Crippen LogP contribution in [-0.4, -0.2) is 8.42 Å². The molecule has 0 saturated heterocycles. The van der Waals surface area contributed by atoms with Crippen LogP contribution in [0.3, 0.4) is 0 Å². The van der Waals surface area contributed by atoms with Gasteiger partial charge in [-0.2, -0.15) is 0 Å². The number of nitrogens with one attached hydrogen (secondary N) is 1. The first-order valence-electron chi connectivity index (χ1n) is 5.50. The maximum absolute atomic E-state index is 11.2. The van der Waals surface area contributed by atoms with E-state index in [-0.39, 0.29) is 10.9 Å². The number of hydrogen-bond donors (Lipinski definition) is 2. The molecule has 0 bridgehead atoms. The highest BCUT2D eigenvalue weighted by atomic mass is 79.9. The van der Waals surface area contributed by atoms with Crippen LogP contribution < -0.4 is 10.5 Å². The van der Waals surface area contributed by atoms with E-state index in [0.29, 0.717) is 4.47 Å². The van der Waals surface area contributed by atoms with Crippen molar-refractivity contribution < 1.29 is 12.8 Å². The highest BCUT2D eigenvalue weighted by Gasteiger charge is 2.13. The molecule has 1 heterocycles. The summed E-state index contributed by atoms with van der Waals surface area (Å²) in [7, 11) is -3.69. The number of nitrogens with two attached hydrogens (primary N) is 1. The molecule has 1 unspecified atom stereocenters. The van der Waals surface area contributed by atoms with Gasteiger partial charge in [0.15, 0.2) is 0 Å². The summed E-state index contributed by atoms with van der Waals surface area (Å²) >= 11 is 3.32. The van der Waals surface area contributed by atoms with Crippen LogP contribution in [0.1, 0.15) is 18.7 Å². The van der Waals surface area contributed by atoms with Crippen LogP contribution in [0.2, 0.25) is 0 Å². The molecule has 1 aromatic heterocycles. The average molecular weight is 345 g/mol. The molecule has 0 aliphatic heterocycles. The SMILES string of the molecule is CC(Nc1ccc(S(N)(=O)=O)cc1Br)c1ccco1. The van der Waals surface area contributed by atoms with Crippen molar-refractivity contribution in [3.63, 3.8) is 0 Å². The third kappa shape index (κ3) is 3.37. The highest BCUT2D eigenvalue weighted by molar-refractivity contribution is 9.10. The maximum Gasteiger partial charge on any atom is 0.238 e. The lowest BCUT2D eigenvalue weighted by atomic mass is 10.2. The van der Waals surface area contributed by atoms with Crippen molar-refractivity contribution in [2.75, 3.05) is 5.32 Å². The van der Waals surface area contributed by atoms with Crippen molar-refractivity contribution in [1.82, 2.24) is 0 Å². The molecule has 7 heteroatoms. The minimum Gasteiger partial charge on any atom is -0.467 e. The van der Waals surface area contributed by atoms with Crippen LogP contribution in [0, 0.1) is 0 Å². The zero-order valence-corrected chi connectivity index (χ0v) is 12.5. The molecular formula is C12H13BrN2O3S. The van der Waals surface area contributed by atoms with E-state index in [1.807, 2.05) is 19.1 Å². The molecule has 3 N–H and O–H groups in total. The summed E-state index contributed by atoms with van der Waals surface area (Å²) in [5, 5.41) is 8.29. The molecule has 2 rings (SSSR count). The van der Waals surface area contributed by atoms with Crippen molar-refractivity contribution in [3.8, 4) is 0 Å². The summed E-state index contributed by atoms with van der Waals surface area (Å²) in [6.07, 6.45) is 1.60. The second-order valence-corrected chi connectivity index (χ2v) is 6.48. The largest absolute Gasteiger partial charge is 0.467 e. The molecule has 0 saturated carbocycles. The fourth-order valence-corrected chi connectivity index (χ4v) is 2.82. The second kappa shape index (κ2) is 5.36. The fourth-order valence-electron chi connectivity index (χ4n) is 1.63. The zero-order chi connectivity index (χ0) is 14.0. The van der Waals surface area contributed by atoms with E-state index in [1.165, 1.54) is 12.1 Å². The van der Waals surface area contributed by atoms with Gasteiger partial charge in [0, 0.05) is 10.2 Å². The van der Waals surface area contributed by atoms with Crippen molar-refractivity contribution in [1.29, 1.82) is 0 Å². The minimum atomic E-state index is -3.69. The molecule has 1 aromatic carbocycles. The van der Waals surface area contributed by atoms with Crippen LogP contribution in [0.5, 0.6) is 0 Å². The lowest BCUT2D eigenvalue weighted by molar-refractivity contribution is 0.490. The number of hydrogen-bond acceptors (Lipinski definition) is 4.